The summed E-state index contributed by atoms with van der Waals surface area (Å²) in [6.07, 6.45) is 1.57. The van der Waals surface area contributed by atoms with Crippen LogP contribution >= 0.6 is 11.3 Å². The Kier molecular flexibility index (Phi) is 3.97. The fraction of sp³-hybridized carbons (Fsp3) is 0.0455. The fourth-order valence-corrected chi connectivity index (χ4v) is 4.72. The van der Waals surface area contributed by atoms with Crippen molar-refractivity contribution < 1.29 is 19.8 Å². The SMILES string of the molecule is Cc1cc(-c2ccccc2O)ccc1N1C(=O)Nc2c(C(=O)O)sc3nccc1c23. The van der Waals surface area contributed by atoms with Crippen LogP contribution in [0, 0.1) is 6.92 Å². The predicted molar refractivity (Wildman–Crippen MR) is 116 cm³/mol. The van der Waals surface area contributed by atoms with E-state index in [4.69, 9.17) is 0 Å². The number of nitrogens with zero attached hydrogens (tertiary/aromatic N) is 2. The van der Waals surface area contributed by atoms with Crippen molar-refractivity contribution >= 4 is 50.6 Å². The first-order valence-electron chi connectivity index (χ1n) is 9.10. The number of phenols is 1. The lowest BCUT2D eigenvalue weighted by atomic mass is 10.0. The van der Waals surface area contributed by atoms with Crippen LogP contribution in [-0.2, 0) is 0 Å². The number of amides is 2. The highest BCUT2D eigenvalue weighted by molar-refractivity contribution is 7.21. The van der Waals surface area contributed by atoms with Crippen molar-refractivity contribution in [1.82, 2.24) is 4.98 Å². The third-order valence-electron chi connectivity index (χ3n) is 5.09. The third-order valence-corrected chi connectivity index (χ3v) is 6.18. The molecule has 2 aromatic carbocycles. The van der Waals surface area contributed by atoms with Crippen LogP contribution < -0.4 is 10.2 Å². The average Bonchev–Trinajstić information content (AvgIpc) is 3.09. The highest BCUT2D eigenvalue weighted by atomic mass is 32.1. The molecule has 2 amide bonds. The summed E-state index contributed by atoms with van der Waals surface area (Å²) in [6.45, 7) is 1.89. The minimum Gasteiger partial charge on any atom is -0.507 e. The standard InChI is InChI=1S/C22H15N3O4S/c1-11-10-12(13-4-2-3-5-16(13)26)6-7-14(11)25-15-8-9-23-20-17(15)18(24-22(25)29)19(30-20)21(27)28/h2-10,26H,1H3,(H,24,29)(H,27,28). The molecule has 0 spiro atoms. The van der Waals surface area contributed by atoms with Gasteiger partial charge in [-0.2, -0.15) is 0 Å². The number of pyridine rings is 1. The number of para-hydroxylation sites is 1. The van der Waals surface area contributed by atoms with Crippen LogP contribution in [-0.4, -0.2) is 27.2 Å². The molecule has 3 N–H and O–H groups in total. The van der Waals surface area contributed by atoms with E-state index in [0.717, 1.165) is 22.5 Å². The molecular formula is C22H15N3O4S. The largest absolute Gasteiger partial charge is 0.507 e. The first-order chi connectivity index (χ1) is 14.5. The number of carbonyl (C=O) groups is 2. The van der Waals surface area contributed by atoms with Crippen LogP contribution in [0.5, 0.6) is 5.75 Å². The molecule has 1 aliphatic rings. The quantitative estimate of drug-likeness (QED) is 0.416. The molecule has 4 aromatic rings. The number of urea groups is 1. The molecule has 7 nitrogen and oxygen atoms in total. The van der Waals surface area contributed by atoms with Crippen LogP contribution in [0.3, 0.4) is 0 Å². The second kappa shape index (κ2) is 6.57. The molecule has 0 fully saturated rings. The molecule has 0 bridgehead atoms. The summed E-state index contributed by atoms with van der Waals surface area (Å²) < 4.78 is 0. The minimum absolute atomic E-state index is 0.0598. The maximum Gasteiger partial charge on any atom is 0.348 e. The Morgan fingerprint density at radius 2 is 1.93 bits per heavy atom. The number of rotatable bonds is 3. The van der Waals surface area contributed by atoms with E-state index in [1.165, 1.54) is 4.90 Å². The van der Waals surface area contributed by atoms with Crippen molar-refractivity contribution in [3.05, 3.63) is 65.2 Å². The number of aromatic hydroxyl groups is 1. The number of carboxylic acids is 1. The summed E-state index contributed by atoms with van der Waals surface area (Å²) in [5.74, 6) is -0.920. The number of aromatic carboxylic acids is 1. The maximum atomic E-state index is 13.0. The Balaban J connectivity index is 1.67. The van der Waals surface area contributed by atoms with Crippen molar-refractivity contribution in [2.75, 3.05) is 10.2 Å². The van der Waals surface area contributed by atoms with Gasteiger partial charge in [0.2, 0.25) is 0 Å². The van der Waals surface area contributed by atoms with E-state index >= 15 is 0 Å². The predicted octanol–water partition coefficient (Wildman–Crippen LogP) is 5.36. The highest BCUT2D eigenvalue weighted by Crippen LogP contribution is 2.46. The Labute approximate surface area is 174 Å². The van der Waals surface area contributed by atoms with Crippen molar-refractivity contribution in [3.63, 3.8) is 0 Å². The van der Waals surface area contributed by atoms with Gasteiger partial charge in [-0.15, -0.1) is 11.3 Å². The number of aromatic nitrogens is 1. The molecule has 0 saturated heterocycles. The number of nitrogens with one attached hydrogen (secondary N) is 1. The second-order valence-electron chi connectivity index (χ2n) is 6.91. The van der Waals surface area contributed by atoms with Gasteiger partial charge in [-0.1, -0.05) is 24.3 Å². The molecule has 0 atom stereocenters. The number of anilines is 3. The van der Waals surface area contributed by atoms with Crippen LogP contribution in [0.2, 0.25) is 0 Å². The van der Waals surface area contributed by atoms with Crippen LogP contribution in [0.1, 0.15) is 15.2 Å². The van der Waals surface area contributed by atoms with Crippen molar-refractivity contribution in [2.45, 2.75) is 6.92 Å². The van der Waals surface area contributed by atoms with Crippen LogP contribution in [0.15, 0.2) is 54.7 Å². The molecule has 0 aliphatic carbocycles. The Morgan fingerprint density at radius 1 is 1.13 bits per heavy atom. The lowest BCUT2D eigenvalue weighted by Crippen LogP contribution is -2.34. The zero-order valence-electron chi connectivity index (χ0n) is 15.7. The van der Waals surface area contributed by atoms with E-state index in [1.54, 1.807) is 24.4 Å². The van der Waals surface area contributed by atoms with Crippen molar-refractivity contribution in [1.29, 1.82) is 0 Å². The summed E-state index contributed by atoms with van der Waals surface area (Å²) in [5, 5.41) is 23.0. The number of hydrogen-bond donors (Lipinski definition) is 3. The van der Waals surface area contributed by atoms with Crippen molar-refractivity contribution in [3.8, 4) is 16.9 Å². The summed E-state index contributed by atoms with van der Waals surface area (Å²) in [5.41, 5.74) is 3.89. The Morgan fingerprint density at radius 3 is 2.67 bits per heavy atom. The number of phenolic OH excluding ortho intramolecular Hbond substituents is 1. The van der Waals surface area contributed by atoms with E-state index in [9.17, 15) is 19.8 Å². The summed E-state index contributed by atoms with van der Waals surface area (Å²) in [6, 6.07) is 13.9. The number of carbonyl (C=O) groups excluding carboxylic acids is 1. The zero-order valence-corrected chi connectivity index (χ0v) is 16.5. The topological polar surface area (TPSA) is 103 Å². The highest BCUT2D eigenvalue weighted by Gasteiger charge is 2.33. The van der Waals surface area contributed by atoms with Gasteiger partial charge in [0.15, 0.2) is 0 Å². The first-order valence-corrected chi connectivity index (χ1v) is 9.92. The molecule has 0 radical (unpaired) electrons. The minimum atomic E-state index is -1.10. The number of aryl methyl sites for hydroxylation is 1. The Bertz CT molecular complexity index is 1360. The normalized spacial score (nSPS) is 12.8. The van der Waals surface area contributed by atoms with Gasteiger partial charge in [-0.3, -0.25) is 4.90 Å². The molecule has 5 rings (SSSR count). The van der Waals surface area contributed by atoms with Gasteiger partial charge < -0.3 is 15.5 Å². The van der Waals surface area contributed by atoms with E-state index in [0.29, 0.717) is 27.2 Å². The first kappa shape index (κ1) is 18.1. The van der Waals surface area contributed by atoms with Gasteiger partial charge in [0.25, 0.3) is 0 Å². The second-order valence-corrected chi connectivity index (χ2v) is 7.90. The number of benzene rings is 2. The Hall–Kier alpha value is -3.91. The fourth-order valence-electron chi connectivity index (χ4n) is 3.77. The number of hydrogen-bond acceptors (Lipinski definition) is 5. The van der Waals surface area contributed by atoms with Gasteiger partial charge in [0, 0.05) is 11.8 Å². The molecule has 0 saturated carbocycles. The van der Waals surface area contributed by atoms with E-state index in [1.807, 2.05) is 37.3 Å². The van der Waals surface area contributed by atoms with Gasteiger partial charge in [0.1, 0.15) is 15.5 Å². The molecule has 148 valence electrons. The molecule has 3 heterocycles. The van der Waals surface area contributed by atoms with Crippen LogP contribution in [0.25, 0.3) is 21.3 Å². The molecular weight excluding hydrogens is 402 g/mol. The van der Waals surface area contributed by atoms with E-state index in [-0.39, 0.29) is 16.3 Å². The molecule has 2 aromatic heterocycles. The summed E-state index contributed by atoms with van der Waals surface area (Å²) in [4.78, 5) is 31.0. The number of carboxylic acid groups (broad SMARTS) is 1. The molecule has 0 unspecified atom stereocenters. The lowest BCUT2D eigenvalue weighted by Gasteiger charge is -2.29. The van der Waals surface area contributed by atoms with E-state index in [2.05, 4.69) is 10.3 Å². The smallest absolute Gasteiger partial charge is 0.348 e. The van der Waals surface area contributed by atoms with Crippen molar-refractivity contribution in [2.24, 2.45) is 0 Å². The van der Waals surface area contributed by atoms with Gasteiger partial charge in [-0.05, 0) is 42.3 Å². The molecule has 1 aliphatic heterocycles. The van der Waals surface area contributed by atoms with E-state index < -0.39 is 12.0 Å². The van der Waals surface area contributed by atoms with Gasteiger partial charge in [0.05, 0.1) is 22.4 Å². The van der Waals surface area contributed by atoms with Gasteiger partial charge >= 0.3 is 12.0 Å². The van der Waals surface area contributed by atoms with Crippen LogP contribution in [0.4, 0.5) is 21.9 Å². The maximum absolute atomic E-state index is 13.0. The molecule has 30 heavy (non-hydrogen) atoms. The monoisotopic (exact) mass is 417 g/mol. The zero-order chi connectivity index (χ0) is 21.0. The summed E-state index contributed by atoms with van der Waals surface area (Å²) in [7, 11) is 0. The molecule has 8 heteroatoms. The third kappa shape index (κ3) is 2.61. The number of thiophene rings is 1. The average molecular weight is 417 g/mol. The summed E-state index contributed by atoms with van der Waals surface area (Å²) >= 11 is 1.04. The lowest BCUT2D eigenvalue weighted by molar-refractivity contribution is 0.0703. The van der Waals surface area contributed by atoms with Gasteiger partial charge in [-0.25, -0.2) is 14.6 Å².